The highest BCUT2D eigenvalue weighted by molar-refractivity contribution is 6.42. The lowest BCUT2D eigenvalue weighted by Gasteiger charge is -2.47. The van der Waals surface area contributed by atoms with E-state index in [2.05, 4.69) is 10.2 Å². The first-order chi connectivity index (χ1) is 12.4. The second-order valence-electron chi connectivity index (χ2n) is 7.23. The average molecular weight is 401 g/mol. The van der Waals surface area contributed by atoms with Crippen molar-refractivity contribution >= 4 is 29.1 Å². The van der Waals surface area contributed by atoms with Crippen molar-refractivity contribution in [2.24, 2.45) is 0 Å². The molecule has 1 saturated heterocycles. The quantitative estimate of drug-likeness (QED) is 0.839. The molecule has 5 nitrogen and oxygen atoms in total. The summed E-state index contributed by atoms with van der Waals surface area (Å²) in [5.74, 6) is -0.818. The Hall–Kier alpha value is -0.850. The van der Waals surface area contributed by atoms with Crippen LogP contribution in [0, 0.1) is 0 Å². The lowest BCUT2D eigenvalue weighted by Crippen LogP contribution is -2.63. The van der Waals surface area contributed by atoms with Crippen molar-refractivity contribution in [3.05, 3.63) is 33.8 Å². The fourth-order valence-electron chi connectivity index (χ4n) is 4.05. The molecule has 1 amide bonds. The molecule has 2 fully saturated rings. The van der Waals surface area contributed by atoms with Crippen molar-refractivity contribution in [1.29, 1.82) is 0 Å². The minimum atomic E-state index is -0.659. The number of hydrogen-bond acceptors (Lipinski definition) is 4. The normalized spacial score (nSPS) is 25.9. The molecule has 0 bridgehead atoms. The van der Waals surface area contributed by atoms with Gasteiger partial charge in [-0.25, -0.2) is 0 Å². The predicted octanol–water partition coefficient (Wildman–Crippen LogP) is 3.73. The highest BCUT2D eigenvalue weighted by atomic mass is 35.5. The first-order valence-corrected chi connectivity index (χ1v) is 9.89. The topological polar surface area (TPSA) is 50.8 Å². The van der Waals surface area contributed by atoms with E-state index in [0.717, 1.165) is 32.1 Å². The zero-order valence-corrected chi connectivity index (χ0v) is 16.8. The first-order valence-electron chi connectivity index (χ1n) is 9.13. The number of amides is 1. The van der Waals surface area contributed by atoms with Gasteiger partial charge in [-0.05, 0) is 51.6 Å². The maximum Gasteiger partial charge on any atom is 0.251 e. The van der Waals surface area contributed by atoms with Crippen LogP contribution in [0.5, 0.6) is 0 Å². The van der Waals surface area contributed by atoms with Crippen LogP contribution >= 0.6 is 23.2 Å². The molecule has 1 saturated carbocycles. The van der Waals surface area contributed by atoms with Crippen LogP contribution in [0.3, 0.4) is 0 Å². The number of carbonyl (C=O) groups is 1. The number of hydrogen-bond donors (Lipinski definition) is 1. The van der Waals surface area contributed by atoms with Gasteiger partial charge in [0, 0.05) is 18.0 Å². The van der Waals surface area contributed by atoms with Gasteiger partial charge in [-0.1, -0.05) is 29.6 Å². The number of likely N-dealkylation sites (N-methyl/N-ethyl adjacent to an activating group) is 1. The van der Waals surface area contributed by atoms with Crippen molar-refractivity contribution in [2.45, 2.75) is 50.0 Å². The van der Waals surface area contributed by atoms with Gasteiger partial charge in [0.25, 0.3) is 5.91 Å². The van der Waals surface area contributed by atoms with E-state index in [4.69, 9.17) is 32.7 Å². The van der Waals surface area contributed by atoms with Crippen LogP contribution in [0.25, 0.3) is 0 Å². The van der Waals surface area contributed by atoms with Crippen molar-refractivity contribution in [1.82, 2.24) is 10.2 Å². The Balaban J connectivity index is 1.83. The molecular formula is C19H26Cl2N2O3. The maximum absolute atomic E-state index is 12.8. The standard InChI is InChI=1S/C19H26Cl2N2O3/c1-23(2)17-16(6-3-4-9-19(17)25-10-5-11-26-19)22-18(24)13-7-8-14(20)15(21)12-13/h7-8,12,16-17H,3-6,9-11H2,1-2H3,(H,22,24). The molecular weight excluding hydrogens is 375 g/mol. The number of ether oxygens (including phenoxy) is 2. The average Bonchev–Trinajstić information content (AvgIpc) is 2.77. The molecule has 2 aliphatic rings. The SMILES string of the molecule is CN(C)C1C(NC(=O)c2ccc(Cl)c(Cl)c2)CCCCC12OCCCO2. The van der Waals surface area contributed by atoms with E-state index < -0.39 is 5.79 Å². The molecule has 144 valence electrons. The van der Waals surface area contributed by atoms with E-state index in [1.165, 1.54) is 0 Å². The van der Waals surface area contributed by atoms with Gasteiger partial charge in [0.15, 0.2) is 5.79 Å². The molecule has 1 heterocycles. The monoisotopic (exact) mass is 400 g/mol. The van der Waals surface area contributed by atoms with Crippen molar-refractivity contribution in [3.8, 4) is 0 Å². The molecule has 26 heavy (non-hydrogen) atoms. The van der Waals surface area contributed by atoms with Gasteiger partial charge in [-0.15, -0.1) is 0 Å². The van der Waals surface area contributed by atoms with E-state index in [0.29, 0.717) is 28.8 Å². The number of rotatable bonds is 3. The molecule has 3 rings (SSSR count). The van der Waals surface area contributed by atoms with Crippen molar-refractivity contribution < 1.29 is 14.3 Å². The second kappa shape index (κ2) is 8.44. The number of carbonyl (C=O) groups excluding carboxylic acids is 1. The van der Waals surface area contributed by atoms with Crippen LogP contribution in [0.2, 0.25) is 10.0 Å². The van der Waals surface area contributed by atoms with E-state index >= 15 is 0 Å². The van der Waals surface area contributed by atoms with Gasteiger partial charge < -0.3 is 14.8 Å². The van der Waals surface area contributed by atoms with Gasteiger partial charge >= 0.3 is 0 Å². The molecule has 1 N–H and O–H groups in total. The molecule has 1 aromatic rings. The summed E-state index contributed by atoms with van der Waals surface area (Å²) in [5.41, 5.74) is 0.501. The minimum absolute atomic E-state index is 0.0583. The molecule has 1 aromatic carbocycles. The Labute approximate surface area is 164 Å². The van der Waals surface area contributed by atoms with E-state index in [9.17, 15) is 4.79 Å². The van der Waals surface area contributed by atoms with Crippen LogP contribution < -0.4 is 5.32 Å². The highest BCUT2D eigenvalue weighted by Gasteiger charge is 2.49. The third kappa shape index (κ3) is 4.18. The number of nitrogens with one attached hydrogen (secondary N) is 1. The maximum atomic E-state index is 12.8. The predicted molar refractivity (Wildman–Crippen MR) is 103 cm³/mol. The summed E-state index contributed by atoms with van der Waals surface area (Å²) in [6.45, 7) is 1.38. The Kier molecular flexibility index (Phi) is 6.46. The lowest BCUT2D eigenvalue weighted by atomic mass is 9.94. The number of halogens is 2. The Bertz CT molecular complexity index is 648. The van der Waals surface area contributed by atoms with Crippen LogP contribution in [-0.4, -0.2) is 56.0 Å². The summed E-state index contributed by atoms with van der Waals surface area (Å²) < 4.78 is 12.3. The van der Waals surface area contributed by atoms with E-state index in [1.54, 1.807) is 18.2 Å². The van der Waals surface area contributed by atoms with Crippen molar-refractivity contribution in [3.63, 3.8) is 0 Å². The van der Waals surface area contributed by atoms with Gasteiger partial charge in [0.05, 0.1) is 29.3 Å². The summed E-state index contributed by atoms with van der Waals surface area (Å²) >= 11 is 12.0. The lowest BCUT2D eigenvalue weighted by molar-refractivity contribution is -0.297. The third-order valence-corrected chi connectivity index (χ3v) is 5.90. The van der Waals surface area contributed by atoms with Gasteiger partial charge in [0.1, 0.15) is 0 Å². The summed E-state index contributed by atoms with van der Waals surface area (Å²) in [5, 5.41) is 3.99. The molecule has 7 heteroatoms. The second-order valence-corrected chi connectivity index (χ2v) is 8.04. The van der Waals surface area contributed by atoms with Crippen molar-refractivity contribution in [2.75, 3.05) is 27.3 Å². The molecule has 2 atom stereocenters. The molecule has 0 aromatic heterocycles. The van der Waals surface area contributed by atoms with Crippen LogP contribution in [0.4, 0.5) is 0 Å². The fraction of sp³-hybridized carbons (Fsp3) is 0.632. The zero-order chi connectivity index (χ0) is 18.7. The van der Waals surface area contributed by atoms with Crippen LogP contribution in [-0.2, 0) is 9.47 Å². The van der Waals surface area contributed by atoms with E-state index in [1.807, 2.05) is 14.1 Å². The minimum Gasteiger partial charge on any atom is -0.348 e. The first kappa shape index (κ1) is 19.9. The summed E-state index contributed by atoms with van der Waals surface area (Å²) in [6, 6.07) is 4.80. The summed E-state index contributed by atoms with van der Waals surface area (Å²) in [6.07, 6.45) is 4.66. The Morgan fingerprint density at radius 1 is 1.15 bits per heavy atom. The van der Waals surface area contributed by atoms with Gasteiger partial charge in [-0.3, -0.25) is 9.69 Å². The smallest absolute Gasteiger partial charge is 0.251 e. The summed E-state index contributed by atoms with van der Waals surface area (Å²) in [7, 11) is 4.02. The number of benzene rings is 1. The Morgan fingerprint density at radius 3 is 2.54 bits per heavy atom. The molecule has 1 aliphatic carbocycles. The zero-order valence-electron chi connectivity index (χ0n) is 15.3. The van der Waals surface area contributed by atoms with Gasteiger partial charge in [0.2, 0.25) is 0 Å². The number of nitrogens with zero attached hydrogens (tertiary/aromatic N) is 1. The molecule has 1 aliphatic heterocycles. The molecule has 0 radical (unpaired) electrons. The summed E-state index contributed by atoms with van der Waals surface area (Å²) in [4.78, 5) is 14.9. The van der Waals surface area contributed by atoms with E-state index in [-0.39, 0.29) is 18.0 Å². The third-order valence-electron chi connectivity index (χ3n) is 5.16. The Morgan fingerprint density at radius 2 is 1.88 bits per heavy atom. The van der Waals surface area contributed by atoms with Crippen LogP contribution in [0.1, 0.15) is 42.5 Å². The molecule has 2 unspecified atom stereocenters. The fourth-order valence-corrected chi connectivity index (χ4v) is 4.35. The largest absolute Gasteiger partial charge is 0.348 e. The van der Waals surface area contributed by atoms with Crippen LogP contribution in [0.15, 0.2) is 18.2 Å². The highest BCUT2D eigenvalue weighted by Crippen LogP contribution is 2.37. The van der Waals surface area contributed by atoms with Gasteiger partial charge in [-0.2, -0.15) is 0 Å². The molecule has 1 spiro atoms.